The van der Waals surface area contributed by atoms with Crippen LogP contribution in [0.25, 0.3) is 6.08 Å². The lowest BCUT2D eigenvalue weighted by molar-refractivity contribution is 0.0206. The molecule has 3 heteroatoms. The second-order valence-electron chi connectivity index (χ2n) is 4.30. The molecule has 3 nitrogen and oxygen atoms in total. The van der Waals surface area contributed by atoms with Crippen LogP contribution in [0.15, 0.2) is 24.3 Å². The highest BCUT2D eigenvalue weighted by Crippen LogP contribution is 2.15. The summed E-state index contributed by atoms with van der Waals surface area (Å²) >= 11 is 0. The number of hydrogen-bond donors (Lipinski definition) is 0. The van der Waals surface area contributed by atoms with E-state index < -0.39 is 11.8 Å². The summed E-state index contributed by atoms with van der Waals surface area (Å²) in [5, 5.41) is 0. The van der Waals surface area contributed by atoms with Gasteiger partial charge in [0.15, 0.2) is 0 Å². The average molecular weight is 219 g/mol. The number of rotatable bonds is 2. The molecule has 0 aliphatic rings. The largest absolute Gasteiger partial charge is 0.514 e. The van der Waals surface area contributed by atoms with Crippen molar-refractivity contribution in [3.8, 4) is 5.75 Å². The molecule has 0 bridgehead atoms. The van der Waals surface area contributed by atoms with Crippen molar-refractivity contribution in [3.05, 3.63) is 36.4 Å². The topological polar surface area (TPSA) is 35.5 Å². The summed E-state index contributed by atoms with van der Waals surface area (Å²) in [6, 6.07) is 6.81. The van der Waals surface area contributed by atoms with Gasteiger partial charge < -0.3 is 9.47 Å². The third kappa shape index (κ3) is 4.17. The van der Waals surface area contributed by atoms with Crippen molar-refractivity contribution >= 4 is 12.2 Å². The van der Waals surface area contributed by atoms with Gasteiger partial charge >= 0.3 is 6.16 Å². The average Bonchev–Trinajstić information content (AvgIpc) is 2.16. The summed E-state index contributed by atoms with van der Waals surface area (Å²) < 4.78 is 9.98. The Morgan fingerprint density at radius 2 is 1.81 bits per heavy atom. The van der Waals surface area contributed by atoms with Gasteiger partial charge in [-0.15, -0.1) is 0 Å². The first-order chi connectivity index (χ1) is 7.40. The maximum absolute atomic E-state index is 11.3. The highest BCUT2D eigenvalue weighted by Gasteiger charge is 2.17. The van der Waals surface area contributed by atoms with E-state index in [-0.39, 0.29) is 0 Å². The van der Waals surface area contributed by atoms with E-state index in [1.807, 2.05) is 0 Å². The summed E-state index contributed by atoms with van der Waals surface area (Å²) in [6.07, 6.45) is 0.758. The van der Waals surface area contributed by atoms with Crippen molar-refractivity contribution < 1.29 is 14.3 Å². The number of carbonyl (C=O) groups is 1. The van der Waals surface area contributed by atoms with Crippen molar-refractivity contribution in [2.24, 2.45) is 0 Å². The number of hydrogen-bond acceptors (Lipinski definition) is 3. The fraction of sp³-hybridized carbons (Fsp3) is 0.308. The zero-order valence-electron chi connectivity index (χ0n) is 9.69. The molecule has 0 atom stereocenters. The van der Waals surface area contributed by atoms with Crippen molar-refractivity contribution in [1.82, 2.24) is 0 Å². The van der Waals surface area contributed by atoms with E-state index in [4.69, 9.17) is 16.1 Å². The molecule has 0 aliphatic heterocycles. The Labute approximate surface area is 95.7 Å². The van der Waals surface area contributed by atoms with Crippen LogP contribution in [0.2, 0.25) is 0 Å². The first kappa shape index (κ1) is 12.3. The smallest absolute Gasteiger partial charge is 0.428 e. The second-order valence-corrected chi connectivity index (χ2v) is 4.30. The first-order valence-corrected chi connectivity index (χ1v) is 4.96. The zero-order valence-corrected chi connectivity index (χ0v) is 9.69. The molecule has 0 fully saturated rings. The minimum absolute atomic E-state index is 0.430. The Morgan fingerprint density at radius 1 is 1.25 bits per heavy atom. The van der Waals surface area contributed by atoms with Crippen LogP contribution in [0.1, 0.15) is 26.3 Å². The van der Waals surface area contributed by atoms with E-state index in [1.54, 1.807) is 45.0 Å². The van der Waals surface area contributed by atoms with Crippen LogP contribution in [0.3, 0.4) is 0 Å². The summed E-state index contributed by atoms with van der Waals surface area (Å²) in [4.78, 5) is 11.3. The maximum atomic E-state index is 11.3. The van der Waals surface area contributed by atoms with Gasteiger partial charge in [0.05, 0.1) is 0 Å². The van der Waals surface area contributed by atoms with Gasteiger partial charge in [0.2, 0.25) is 0 Å². The lowest BCUT2D eigenvalue weighted by Crippen LogP contribution is -2.25. The van der Waals surface area contributed by atoms with E-state index >= 15 is 0 Å². The van der Waals surface area contributed by atoms with Gasteiger partial charge in [0.25, 0.3) is 0 Å². The molecule has 0 aromatic heterocycles. The molecule has 0 aliphatic carbocycles. The number of benzene rings is 1. The highest BCUT2D eigenvalue weighted by molar-refractivity contribution is 5.64. The van der Waals surface area contributed by atoms with Crippen LogP contribution in [0.4, 0.5) is 4.79 Å². The minimum Gasteiger partial charge on any atom is -0.428 e. The molecule has 0 spiro atoms. The molecule has 85 valence electrons. The van der Waals surface area contributed by atoms with E-state index in [9.17, 15) is 4.79 Å². The third-order valence-corrected chi connectivity index (χ3v) is 1.66. The molecule has 1 rings (SSSR count). The molecule has 0 heterocycles. The predicted octanol–water partition coefficient (Wildman–Crippen LogP) is 3.45. The van der Waals surface area contributed by atoms with Crippen molar-refractivity contribution in [1.29, 1.82) is 0 Å². The minimum atomic E-state index is -0.711. The fourth-order valence-electron chi connectivity index (χ4n) is 1.01. The monoisotopic (exact) mass is 219 g/mol. The van der Waals surface area contributed by atoms with E-state index in [1.165, 1.54) is 6.08 Å². The number of carbonyl (C=O) groups excluding carboxylic acids is 1. The van der Waals surface area contributed by atoms with Crippen molar-refractivity contribution in [3.63, 3.8) is 0 Å². The first-order valence-electron chi connectivity index (χ1n) is 4.96. The Bertz CT molecular complexity index is 371. The Hall–Kier alpha value is -1.77. The zero-order chi connectivity index (χ0) is 12.2. The molecule has 1 aromatic carbocycles. The van der Waals surface area contributed by atoms with Gasteiger partial charge in [0.1, 0.15) is 11.4 Å². The quantitative estimate of drug-likeness (QED) is 0.564. The van der Waals surface area contributed by atoms with Crippen LogP contribution in [0.5, 0.6) is 5.75 Å². The molecule has 0 N–H and O–H groups in total. The lowest BCUT2D eigenvalue weighted by Gasteiger charge is -2.18. The molecule has 0 saturated heterocycles. The number of ether oxygens (including phenoxy) is 2. The summed E-state index contributed by atoms with van der Waals surface area (Å²) in [6.45, 7) is 10.7. The standard InChI is InChI=1S/C13H15O3/c1-5-10-6-8-11(9-7-10)15-12(14)16-13(2,3)4/h1,5-9H,2-4H3. The summed E-state index contributed by atoms with van der Waals surface area (Å²) in [7, 11) is 0. The van der Waals surface area contributed by atoms with Gasteiger partial charge in [-0.2, -0.15) is 0 Å². The highest BCUT2D eigenvalue weighted by atomic mass is 16.7. The third-order valence-electron chi connectivity index (χ3n) is 1.66. The van der Waals surface area contributed by atoms with Crippen LogP contribution in [-0.4, -0.2) is 11.8 Å². The summed E-state index contributed by atoms with van der Waals surface area (Å²) in [5.41, 5.74) is 0.304. The lowest BCUT2D eigenvalue weighted by atomic mass is 10.2. The Morgan fingerprint density at radius 3 is 2.25 bits per heavy atom. The molecular formula is C13H15O3. The van der Waals surface area contributed by atoms with Crippen molar-refractivity contribution in [2.75, 3.05) is 0 Å². The second kappa shape index (κ2) is 4.84. The molecule has 1 radical (unpaired) electrons. The molecule has 0 saturated carbocycles. The maximum Gasteiger partial charge on any atom is 0.514 e. The molecule has 0 unspecified atom stereocenters. The van der Waals surface area contributed by atoms with Crippen LogP contribution in [-0.2, 0) is 4.74 Å². The SMILES string of the molecule is [CH]=Cc1ccc(OC(=O)OC(C)(C)C)cc1. The van der Waals surface area contributed by atoms with Crippen molar-refractivity contribution in [2.45, 2.75) is 26.4 Å². The normalized spacial score (nSPS) is 10.7. The fourth-order valence-corrected chi connectivity index (χ4v) is 1.01. The van der Waals surface area contributed by atoms with Gasteiger partial charge in [0, 0.05) is 0 Å². The van der Waals surface area contributed by atoms with Gasteiger partial charge in [-0.1, -0.05) is 24.8 Å². The van der Waals surface area contributed by atoms with Crippen LogP contribution >= 0.6 is 0 Å². The van der Waals surface area contributed by atoms with E-state index in [0.29, 0.717) is 5.75 Å². The molecular weight excluding hydrogens is 204 g/mol. The van der Waals surface area contributed by atoms with Gasteiger partial charge in [-0.3, -0.25) is 0 Å². The molecule has 1 aromatic rings. The van der Waals surface area contributed by atoms with Crippen LogP contribution < -0.4 is 4.74 Å². The summed E-state index contributed by atoms with van der Waals surface area (Å²) in [5.74, 6) is 0.430. The van der Waals surface area contributed by atoms with E-state index in [2.05, 4.69) is 0 Å². The van der Waals surface area contributed by atoms with Crippen LogP contribution in [0, 0.1) is 6.58 Å². The Kier molecular flexibility index (Phi) is 3.72. The van der Waals surface area contributed by atoms with Gasteiger partial charge in [-0.05, 0) is 38.5 Å². The predicted molar refractivity (Wildman–Crippen MR) is 62.1 cm³/mol. The Balaban J connectivity index is 2.59. The van der Waals surface area contributed by atoms with E-state index in [0.717, 1.165) is 5.56 Å². The van der Waals surface area contributed by atoms with Gasteiger partial charge in [-0.25, -0.2) is 4.79 Å². The molecule has 0 amide bonds. The molecule has 16 heavy (non-hydrogen) atoms.